The van der Waals surface area contributed by atoms with E-state index in [0.29, 0.717) is 30.7 Å². The predicted octanol–water partition coefficient (Wildman–Crippen LogP) is 6.16. The van der Waals surface area contributed by atoms with E-state index in [1.54, 1.807) is 18.2 Å². The van der Waals surface area contributed by atoms with Crippen LogP contribution in [0.5, 0.6) is 5.75 Å². The summed E-state index contributed by atoms with van der Waals surface area (Å²) in [7, 11) is 0. The van der Waals surface area contributed by atoms with E-state index in [0.717, 1.165) is 29.7 Å². The smallest absolute Gasteiger partial charge is 0.235 e. The van der Waals surface area contributed by atoms with Gasteiger partial charge >= 0.3 is 0 Å². The van der Waals surface area contributed by atoms with Crippen LogP contribution in [0.15, 0.2) is 72.8 Å². The Morgan fingerprint density at radius 1 is 1.00 bits per heavy atom. The Kier molecular flexibility index (Phi) is 5.84. The number of carbonyl (C=O) groups excluding carboxylic acids is 1. The van der Waals surface area contributed by atoms with Crippen LogP contribution in [0.2, 0.25) is 0 Å². The summed E-state index contributed by atoms with van der Waals surface area (Å²) in [5.41, 5.74) is 2.44. The molecule has 0 aromatic heterocycles. The Morgan fingerprint density at radius 3 is 2.40 bits per heavy atom. The number of ether oxygens (including phenoxy) is 1. The average molecular weight is 403 g/mol. The number of rotatable bonds is 6. The number of hydrogen-bond donors (Lipinski definition) is 1. The average Bonchev–Trinajstić information content (AvgIpc) is 3.25. The van der Waals surface area contributed by atoms with Gasteiger partial charge in [-0.2, -0.15) is 0 Å². The van der Waals surface area contributed by atoms with Crippen molar-refractivity contribution in [3.05, 3.63) is 95.3 Å². The third kappa shape index (κ3) is 4.09. The number of hydrogen-bond acceptors (Lipinski definition) is 2. The fourth-order valence-electron chi connectivity index (χ4n) is 4.32. The van der Waals surface area contributed by atoms with E-state index in [1.807, 2.05) is 55.5 Å². The molecule has 0 heterocycles. The molecule has 0 bridgehead atoms. The largest absolute Gasteiger partial charge is 0.489 e. The highest BCUT2D eigenvalue weighted by molar-refractivity contribution is 5.99. The first kappa shape index (κ1) is 20.1. The molecule has 4 heteroatoms. The summed E-state index contributed by atoms with van der Waals surface area (Å²) in [4.78, 5) is 13.3. The van der Waals surface area contributed by atoms with Gasteiger partial charge in [0.05, 0.1) is 5.41 Å². The molecule has 30 heavy (non-hydrogen) atoms. The van der Waals surface area contributed by atoms with E-state index in [1.165, 1.54) is 6.07 Å². The standard InChI is InChI=1S/C26H26FNO2/c1-19-17-21(13-14-24(19)30-18-20-9-3-2-4-10-20)28-25(29)26(15-7-8-16-26)22-11-5-6-12-23(22)27/h2-6,9-14,17H,7-8,15-16,18H2,1H3,(H,28,29). The topological polar surface area (TPSA) is 38.3 Å². The van der Waals surface area contributed by atoms with Crippen LogP contribution in [0.1, 0.15) is 42.4 Å². The predicted molar refractivity (Wildman–Crippen MR) is 117 cm³/mol. The molecule has 3 aromatic carbocycles. The van der Waals surface area contributed by atoms with Crippen molar-refractivity contribution < 1.29 is 13.9 Å². The van der Waals surface area contributed by atoms with Gasteiger partial charge in [-0.25, -0.2) is 4.39 Å². The van der Waals surface area contributed by atoms with Gasteiger partial charge in [-0.3, -0.25) is 4.79 Å². The van der Waals surface area contributed by atoms with Gasteiger partial charge in [0.1, 0.15) is 18.2 Å². The molecule has 0 unspecified atom stereocenters. The Bertz CT molecular complexity index is 1030. The molecule has 0 aliphatic heterocycles. The van der Waals surface area contributed by atoms with E-state index < -0.39 is 5.41 Å². The van der Waals surface area contributed by atoms with Gasteiger partial charge in [-0.1, -0.05) is 61.4 Å². The lowest BCUT2D eigenvalue weighted by molar-refractivity contribution is -0.121. The molecule has 3 nitrogen and oxygen atoms in total. The quantitative estimate of drug-likeness (QED) is 0.535. The molecule has 0 spiro atoms. The third-order valence-electron chi connectivity index (χ3n) is 5.95. The molecule has 0 atom stereocenters. The first-order valence-electron chi connectivity index (χ1n) is 10.4. The van der Waals surface area contributed by atoms with Crippen molar-refractivity contribution in [3.8, 4) is 5.75 Å². The fourth-order valence-corrected chi connectivity index (χ4v) is 4.32. The highest BCUT2D eigenvalue weighted by Crippen LogP contribution is 2.43. The monoisotopic (exact) mass is 403 g/mol. The summed E-state index contributed by atoms with van der Waals surface area (Å²) in [6.45, 7) is 2.45. The molecule has 1 saturated carbocycles. The molecular formula is C26H26FNO2. The number of amides is 1. The van der Waals surface area contributed by atoms with Gasteiger partial charge in [-0.15, -0.1) is 0 Å². The third-order valence-corrected chi connectivity index (χ3v) is 5.95. The van der Waals surface area contributed by atoms with Crippen LogP contribution >= 0.6 is 0 Å². The zero-order chi connectivity index (χ0) is 21.0. The van der Waals surface area contributed by atoms with Crippen molar-refractivity contribution in [3.63, 3.8) is 0 Å². The maximum atomic E-state index is 14.5. The second kappa shape index (κ2) is 8.70. The van der Waals surface area contributed by atoms with Crippen LogP contribution in [0, 0.1) is 12.7 Å². The lowest BCUT2D eigenvalue weighted by atomic mass is 9.77. The van der Waals surface area contributed by atoms with Crippen molar-refractivity contribution in [2.24, 2.45) is 0 Å². The van der Waals surface area contributed by atoms with Gasteiger partial charge in [-0.05, 0) is 55.2 Å². The highest BCUT2D eigenvalue weighted by atomic mass is 19.1. The summed E-state index contributed by atoms with van der Waals surface area (Å²) in [5, 5.41) is 3.03. The van der Waals surface area contributed by atoms with E-state index in [9.17, 15) is 9.18 Å². The van der Waals surface area contributed by atoms with E-state index >= 15 is 0 Å². The maximum Gasteiger partial charge on any atom is 0.235 e. The maximum absolute atomic E-state index is 14.5. The fraction of sp³-hybridized carbons (Fsp3) is 0.269. The lowest BCUT2D eigenvalue weighted by Crippen LogP contribution is -2.38. The first-order valence-corrected chi connectivity index (χ1v) is 10.4. The molecule has 1 aliphatic rings. The summed E-state index contributed by atoms with van der Waals surface area (Å²) >= 11 is 0. The van der Waals surface area contributed by atoms with Crippen LogP contribution in [-0.2, 0) is 16.8 Å². The molecule has 4 rings (SSSR count). The van der Waals surface area contributed by atoms with Crippen LogP contribution in [0.25, 0.3) is 0 Å². The minimum absolute atomic E-state index is 0.137. The molecule has 1 fully saturated rings. The lowest BCUT2D eigenvalue weighted by Gasteiger charge is -2.28. The van der Waals surface area contributed by atoms with Crippen LogP contribution in [0.3, 0.4) is 0 Å². The Morgan fingerprint density at radius 2 is 1.70 bits per heavy atom. The van der Waals surface area contributed by atoms with Gasteiger partial charge in [0.25, 0.3) is 0 Å². The van der Waals surface area contributed by atoms with Crippen LogP contribution in [-0.4, -0.2) is 5.91 Å². The molecule has 1 N–H and O–H groups in total. The molecule has 0 saturated heterocycles. The summed E-state index contributed by atoms with van der Waals surface area (Å²) in [6.07, 6.45) is 3.17. The Hall–Kier alpha value is -3.14. The van der Waals surface area contributed by atoms with Crippen molar-refractivity contribution >= 4 is 11.6 Å². The zero-order valence-electron chi connectivity index (χ0n) is 17.2. The minimum atomic E-state index is -0.804. The summed E-state index contributed by atoms with van der Waals surface area (Å²) < 4.78 is 20.5. The number of halogens is 1. The van der Waals surface area contributed by atoms with Crippen molar-refractivity contribution in [2.45, 2.75) is 44.6 Å². The van der Waals surface area contributed by atoms with E-state index in [2.05, 4.69) is 5.32 Å². The van der Waals surface area contributed by atoms with Crippen LogP contribution < -0.4 is 10.1 Å². The van der Waals surface area contributed by atoms with Gasteiger partial charge in [0.15, 0.2) is 0 Å². The molecule has 1 aliphatic carbocycles. The summed E-state index contributed by atoms with van der Waals surface area (Å²) in [6, 6.07) is 22.3. The number of anilines is 1. The van der Waals surface area contributed by atoms with Gasteiger partial charge in [0, 0.05) is 11.3 Å². The first-order chi connectivity index (χ1) is 14.6. The number of benzene rings is 3. The SMILES string of the molecule is Cc1cc(NC(=O)C2(c3ccccc3F)CCCC2)ccc1OCc1ccccc1. The molecule has 0 radical (unpaired) electrons. The number of nitrogens with one attached hydrogen (secondary N) is 1. The van der Waals surface area contributed by atoms with Gasteiger partial charge < -0.3 is 10.1 Å². The Labute approximate surface area is 176 Å². The molecule has 154 valence electrons. The summed E-state index contributed by atoms with van der Waals surface area (Å²) in [5.74, 6) is 0.333. The zero-order valence-corrected chi connectivity index (χ0v) is 17.2. The van der Waals surface area contributed by atoms with Crippen molar-refractivity contribution in [1.29, 1.82) is 0 Å². The van der Waals surface area contributed by atoms with E-state index in [4.69, 9.17) is 4.74 Å². The Balaban J connectivity index is 1.50. The van der Waals surface area contributed by atoms with Crippen LogP contribution in [0.4, 0.5) is 10.1 Å². The normalized spacial score (nSPS) is 15.0. The second-order valence-corrected chi connectivity index (χ2v) is 7.98. The number of carbonyl (C=O) groups is 1. The minimum Gasteiger partial charge on any atom is -0.489 e. The molecule has 3 aromatic rings. The molecular weight excluding hydrogens is 377 g/mol. The molecule has 1 amide bonds. The number of aryl methyl sites for hydroxylation is 1. The van der Waals surface area contributed by atoms with Crippen molar-refractivity contribution in [2.75, 3.05) is 5.32 Å². The second-order valence-electron chi connectivity index (χ2n) is 7.98. The van der Waals surface area contributed by atoms with E-state index in [-0.39, 0.29) is 11.7 Å². The highest BCUT2D eigenvalue weighted by Gasteiger charge is 2.44. The van der Waals surface area contributed by atoms with Gasteiger partial charge in [0.2, 0.25) is 5.91 Å². The van der Waals surface area contributed by atoms with Crippen molar-refractivity contribution in [1.82, 2.24) is 0 Å².